The molecule has 114 valence electrons. The van der Waals surface area contributed by atoms with Gasteiger partial charge in [-0.25, -0.2) is 0 Å². The summed E-state index contributed by atoms with van der Waals surface area (Å²) >= 11 is 0. The number of benzene rings is 2. The Morgan fingerprint density at radius 3 is 2.65 bits per heavy atom. The maximum absolute atomic E-state index is 12.1. The van der Waals surface area contributed by atoms with Gasteiger partial charge in [0.05, 0.1) is 11.6 Å². The highest BCUT2D eigenvalue weighted by Crippen LogP contribution is 2.18. The summed E-state index contributed by atoms with van der Waals surface area (Å²) in [6.45, 7) is 3.35. The first-order valence-corrected chi connectivity index (χ1v) is 7.52. The summed E-state index contributed by atoms with van der Waals surface area (Å²) in [5.41, 5.74) is 3.48. The summed E-state index contributed by atoms with van der Waals surface area (Å²) in [4.78, 5) is 12.1. The van der Waals surface area contributed by atoms with E-state index in [4.69, 9.17) is 5.26 Å². The van der Waals surface area contributed by atoms with Crippen LogP contribution in [0.15, 0.2) is 54.6 Å². The van der Waals surface area contributed by atoms with Crippen LogP contribution < -0.4 is 5.32 Å². The van der Waals surface area contributed by atoms with Gasteiger partial charge in [-0.05, 0) is 48.7 Å². The largest absolute Gasteiger partial charge is 0.350 e. The van der Waals surface area contributed by atoms with E-state index in [0.29, 0.717) is 17.7 Å². The van der Waals surface area contributed by atoms with Crippen molar-refractivity contribution in [3.63, 3.8) is 0 Å². The zero-order valence-electron chi connectivity index (χ0n) is 12.9. The van der Waals surface area contributed by atoms with E-state index in [-0.39, 0.29) is 5.91 Å². The van der Waals surface area contributed by atoms with Crippen molar-refractivity contribution in [2.24, 2.45) is 0 Å². The molecule has 0 spiro atoms. The normalized spacial score (nSPS) is 10.4. The van der Waals surface area contributed by atoms with Crippen molar-refractivity contribution in [1.29, 1.82) is 5.26 Å². The summed E-state index contributed by atoms with van der Waals surface area (Å²) in [6.07, 6.45) is 0. The fraction of sp³-hybridized carbons (Fsp3) is 0.158. The van der Waals surface area contributed by atoms with Crippen molar-refractivity contribution in [2.75, 3.05) is 6.54 Å². The Hall–Kier alpha value is -3.06. The third-order valence-corrected chi connectivity index (χ3v) is 3.91. The molecule has 1 heterocycles. The topological polar surface area (TPSA) is 57.8 Å². The molecule has 0 atom stereocenters. The van der Waals surface area contributed by atoms with Gasteiger partial charge in [0.25, 0.3) is 5.91 Å². The molecule has 0 aliphatic carbocycles. The Balaban J connectivity index is 1.65. The molecule has 0 saturated carbocycles. The van der Waals surface area contributed by atoms with Gasteiger partial charge in [-0.1, -0.05) is 18.2 Å². The minimum atomic E-state index is -0.122. The first kappa shape index (κ1) is 14.9. The molecule has 4 heteroatoms. The van der Waals surface area contributed by atoms with Gasteiger partial charge in [0, 0.05) is 29.9 Å². The fourth-order valence-corrected chi connectivity index (χ4v) is 2.72. The molecule has 1 aromatic heterocycles. The molecule has 1 amide bonds. The van der Waals surface area contributed by atoms with Crippen molar-refractivity contribution in [1.82, 2.24) is 9.88 Å². The van der Waals surface area contributed by atoms with Gasteiger partial charge < -0.3 is 9.88 Å². The molecule has 2 aromatic carbocycles. The van der Waals surface area contributed by atoms with Crippen molar-refractivity contribution in [3.8, 4) is 6.07 Å². The standard InChI is InChI=1S/C19H17N3O/c1-14-12-17-4-2-3-5-18(17)22(14)11-10-21-19(23)16-8-6-15(13-20)7-9-16/h2-9,12H,10-11H2,1H3,(H,21,23). The number of nitrogens with zero attached hydrogens (tertiary/aromatic N) is 2. The van der Waals surface area contributed by atoms with E-state index < -0.39 is 0 Å². The summed E-state index contributed by atoms with van der Waals surface area (Å²) in [5, 5.41) is 12.9. The van der Waals surface area contributed by atoms with Crippen molar-refractivity contribution >= 4 is 16.8 Å². The molecular weight excluding hydrogens is 286 g/mol. The molecule has 3 rings (SSSR count). The van der Waals surface area contributed by atoms with Gasteiger partial charge in [0.15, 0.2) is 0 Å². The summed E-state index contributed by atoms with van der Waals surface area (Å²) in [5.74, 6) is -0.122. The minimum absolute atomic E-state index is 0.122. The Morgan fingerprint density at radius 1 is 1.17 bits per heavy atom. The highest BCUT2D eigenvalue weighted by atomic mass is 16.1. The Kier molecular flexibility index (Phi) is 4.11. The lowest BCUT2D eigenvalue weighted by atomic mass is 10.1. The number of hydrogen-bond acceptors (Lipinski definition) is 2. The Labute approximate surface area is 135 Å². The molecule has 23 heavy (non-hydrogen) atoms. The number of aromatic nitrogens is 1. The van der Waals surface area contributed by atoms with Crippen LogP contribution in [-0.2, 0) is 6.54 Å². The molecule has 3 aromatic rings. The van der Waals surface area contributed by atoms with Crippen LogP contribution in [0.3, 0.4) is 0 Å². The number of aryl methyl sites for hydroxylation is 1. The minimum Gasteiger partial charge on any atom is -0.350 e. The predicted molar refractivity (Wildman–Crippen MR) is 90.2 cm³/mol. The van der Waals surface area contributed by atoms with E-state index in [9.17, 15) is 4.79 Å². The maximum atomic E-state index is 12.1. The van der Waals surface area contributed by atoms with Gasteiger partial charge in [-0.15, -0.1) is 0 Å². The summed E-state index contributed by atoms with van der Waals surface area (Å²) in [6, 6.07) is 19.1. The highest BCUT2D eigenvalue weighted by Gasteiger charge is 2.07. The number of fused-ring (bicyclic) bond motifs is 1. The number of nitriles is 1. The van der Waals surface area contributed by atoms with E-state index in [0.717, 1.165) is 6.54 Å². The van der Waals surface area contributed by atoms with Crippen LogP contribution in [0.5, 0.6) is 0 Å². The second-order valence-electron chi connectivity index (χ2n) is 5.44. The first-order chi connectivity index (χ1) is 11.2. The molecule has 0 saturated heterocycles. The smallest absolute Gasteiger partial charge is 0.251 e. The number of para-hydroxylation sites is 1. The van der Waals surface area contributed by atoms with Crippen molar-refractivity contribution < 1.29 is 4.79 Å². The van der Waals surface area contributed by atoms with Gasteiger partial charge in [0.1, 0.15) is 0 Å². The molecule has 0 unspecified atom stereocenters. The maximum Gasteiger partial charge on any atom is 0.251 e. The molecule has 4 nitrogen and oxygen atoms in total. The zero-order valence-corrected chi connectivity index (χ0v) is 12.9. The first-order valence-electron chi connectivity index (χ1n) is 7.52. The van der Waals surface area contributed by atoms with Crippen LogP contribution in [0.4, 0.5) is 0 Å². The average molecular weight is 303 g/mol. The Morgan fingerprint density at radius 2 is 1.91 bits per heavy atom. The van der Waals surface area contributed by atoms with E-state index in [1.165, 1.54) is 16.6 Å². The van der Waals surface area contributed by atoms with Gasteiger partial charge >= 0.3 is 0 Å². The van der Waals surface area contributed by atoms with Gasteiger partial charge in [-0.2, -0.15) is 5.26 Å². The summed E-state index contributed by atoms with van der Waals surface area (Å²) in [7, 11) is 0. The predicted octanol–water partition coefficient (Wildman–Crippen LogP) is 3.25. The number of nitrogens with one attached hydrogen (secondary N) is 1. The molecule has 0 radical (unpaired) electrons. The molecule has 0 fully saturated rings. The third kappa shape index (κ3) is 3.09. The molecular formula is C19H17N3O. The molecule has 0 bridgehead atoms. The quantitative estimate of drug-likeness (QED) is 0.804. The highest BCUT2D eigenvalue weighted by molar-refractivity contribution is 5.94. The van der Waals surface area contributed by atoms with Crippen molar-refractivity contribution in [2.45, 2.75) is 13.5 Å². The number of amides is 1. The lowest BCUT2D eigenvalue weighted by Crippen LogP contribution is -2.27. The second-order valence-corrected chi connectivity index (χ2v) is 5.44. The van der Waals surface area contributed by atoms with E-state index in [1.807, 2.05) is 18.2 Å². The fourth-order valence-electron chi connectivity index (χ4n) is 2.72. The number of rotatable bonds is 4. The van der Waals surface area contributed by atoms with Gasteiger partial charge in [0.2, 0.25) is 0 Å². The molecule has 0 aliphatic rings. The second kappa shape index (κ2) is 6.37. The van der Waals surface area contributed by atoms with E-state index in [1.54, 1.807) is 24.3 Å². The summed E-state index contributed by atoms with van der Waals surface area (Å²) < 4.78 is 2.20. The number of hydrogen-bond donors (Lipinski definition) is 1. The van der Waals surface area contributed by atoms with Crippen LogP contribution in [0.25, 0.3) is 10.9 Å². The number of carbonyl (C=O) groups is 1. The zero-order chi connectivity index (χ0) is 16.2. The average Bonchev–Trinajstić information content (AvgIpc) is 2.90. The van der Waals surface area contributed by atoms with E-state index in [2.05, 4.69) is 35.0 Å². The van der Waals surface area contributed by atoms with Crippen LogP contribution in [0.1, 0.15) is 21.6 Å². The van der Waals surface area contributed by atoms with Gasteiger partial charge in [-0.3, -0.25) is 4.79 Å². The molecule has 0 aliphatic heterocycles. The number of carbonyl (C=O) groups excluding carboxylic acids is 1. The van der Waals surface area contributed by atoms with Crippen molar-refractivity contribution in [3.05, 3.63) is 71.4 Å². The van der Waals surface area contributed by atoms with Crippen LogP contribution in [-0.4, -0.2) is 17.0 Å². The van der Waals surface area contributed by atoms with Crippen LogP contribution in [0, 0.1) is 18.3 Å². The third-order valence-electron chi connectivity index (χ3n) is 3.91. The SMILES string of the molecule is Cc1cc2ccccc2n1CCNC(=O)c1ccc(C#N)cc1. The van der Waals surface area contributed by atoms with Crippen LogP contribution in [0.2, 0.25) is 0 Å². The monoisotopic (exact) mass is 303 g/mol. The molecule has 1 N–H and O–H groups in total. The lowest BCUT2D eigenvalue weighted by molar-refractivity contribution is 0.0952. The Bertz CT molecular complexity index is 885. The lowest BCUT2D eigenvalue weighted by Gasteiger charge is -2.10. The van der Waals surface area contributed by atoms with E-state index >= 15 is 0 Å². The van der Waals surface area contributed by atoms with Crippen LogP contribution >= 0.6 is 0 Å².